The average Bonchev–Trinajstić information content (AvgIpc) is 2.20. The van der Waals surface area contributed by atoms with Crippen molar-refractivity contribution in [3.8, 4) is 0 Å². The minimum atomic E-state index is 0.630. The van der Waals surface area contributed by atoms with Crippen molar-refractivity contribution < 1.29 is 0 Å². The van der Waals surface area contributed by atoms with E-state index in [0.717, 1.165) is 16.8 Å². The lowest BCUT2D eigenvalue weighted by Crippen LogP contribution is -2.04. The molecule has 0 bridgehead atoms. The number of anilines is 1. The van der Waals surface area contributed by atoms with Crippen LogP contribution in [0.1, 0.15) is 12.0 Å². The zero-order valence-electron chi connectivity index (χ0n) is 7.83. The number of allylic oxidation sites excluding steroid dienone is 4. The fraction of sp³-hybridized carbons (Fsp3) is 0.0833. The lowest BCUT2D eigenvalue weighted by atomic mass is 9.94. The van der Waals surface area contributed by atoms with Gasteiger partial charge in [-0.2, -0.15) is 0 Å². The van der Waals surface area contributed by atoms with E-state index in [1.165, 1.54) is 0 Å². The van der Waals surface area contributed by atoms with Gasteiger partial charge < -0.3 is 11.1 Å². The Bertz CT molecular complexity index is 428. The first kappa shape index (κ1) is 8.75. The number of nitrogens with two attached hydrogens (primary N) is 1. The molecule has 70 valence electrons. The van der Waals surface area contributed by atoms with Crippen LogP contribution >= 0.6 is 0 Å². The number of hydrogen-bond acceptors (Lipinski definition) is 2. The van der Waals surface area contributed by atoms with Gasteiger partial charge in [0.2, 0.25) is 0 Å². The molecule has 1 aromatic carbocycles. The Labute approximate surface area is 83.3 Å². The van der Waals surface area contributed by atoms with Crippen molar-refractivity contribution in [2.45, 2.75) is 6.42 Å². The zero-order valence-corrected chi connectivity index (χ0v) is 7.83. The molecule has 0 spiro atoms. The van der Waals surface area contributed by atoms with Crippen LogP contribution in [0.15, 0.2) is 42.5 Å². The van der Waals surface area contributed by atoms with Gasteiger partial charge >= 0.3 is 0 Å². The summed E-state index contributed by atoms with van der Waals surface area (Å²) in [5.41, 5.74) is 9.11. The largest absolute Gasteiger partial charge is 0.398 e. The molecule has 1 aliphatic carbocycles. The monoisotopic (exact) mass is 184 g/mol. The fourth-order valence-corrected chi connectivity index (χ4v) is 1.56. The molecule has 0 saturated heterocycles. The summed E-state index contributed by atoms with van der Waals surface area (Å²) in [6, 6.07) is 7.66. The Morgan fingerprint density at radius 1 is 1.21 bits per heavy atom. The highest BCUT2D eigenvalue weighted by molar-refractivity contribution is 6.24. The SMILES string of the molecule is N=C1CC=CC=C1c1ccccc1N. The van der Waals surface area contributed by atoms with Gasteiger partial charge in [-0.25, -0.2) is 0 Å². The van der Waals surface area contributed by atoms with E-state index in [-0.39, 0.29) is 0 Å². The van der Waals surface area contributed by atoms with Gasteiger partial charge in [0.1, 0.15) is 0 Å². The molecule has 2 rings (SSSR count). The standard InChI is InChI=1S/C12H12N2/c13-11-7-3-1-5-9(11)10-6-2-4-8-12(10)14/h1-7,14H,8,13H2. The molecule has 0 aliphatic heterocycles. The van der Waals surface area contributed by atoms with Crippen molar-refractivity contribution in [1.82, 2.24) is 0 Å². The minimum absolute atomic E-state index is 0.630. The van der Waals surface area contributed by atoms with E-state index in [1.54, 1.807) is 0 Å². The van der Waals surface area contributed by atoms with E-state index in [0.29, 0.717) is 12.1 Å². The van der Waals surface area contributed by atoms with Crippen molar-refractivity contribution >= 4 is 17.0 Å². The molecule has 2 nitrogen and oxygen atoms in total. The van der Waals surface area contributed by atoms with Gasteiger partial charge in [0, 0.05) is 29.0 Å². The maximum atomic E-state index is 7.80. The predicted molar refractivity (Wildman–Crippen MR) is 60.3 cm³/mol. The van der Waals surface area contributed by atoms with Gasteiger partial charge in [-0.1, -0.05) is 36.4 Å². The summed E-state index contributed by atoms with van der Waals surface area (Å²) < 4.78 is 0. The van der Waals surface area contributed by atoms with E-state index < -0.39 is 0 Å². The van der Waals surface area contributed by atoms with Crippen molar-refractivity contribution in [1.29, 1.82) is 5.41 Å². The Hall–Kier alpha value is -1.83. The molecule has 3 N–H and O–H groups in total. The normalized spacial score (nSPS) is 15.4. The molecule has 0 atom stereocenters. The van der Waals surface area contributed by atoms with E-state index in [9.17, 15) is 0 Å². The second kappa shape index (κ2) is 3.50. The third-order valence-electron chi connectivity index (χ3n) is 2.30. The summed E-state index contributed by atoms with van der Waals surface area (Å²) in [6.07, 6.45) is 6.59. The summed E-state index contributed by atoms with van der Waals surface area (Å²) in [7, 11) is 0. The molecule has 2 heteroatoms. The molecule has 0 radical (unpaired) electrons. The van der Waals surface area contributed by atoms with Gasteiger partial charge in [0.05, 0.1) is 0 Å². The van der Waals surface area contributed by atoms with Crippen molar-refractivity contribution in [3.63, 3.8) is 0 Å². The van der Waals surface area contributed by atoms with Crippen LogP contribution < -0.4 is 5.73 Å². The van der Waals surface area contributed by atoms with Crippen LogP contribution in [0.3, 0.4) is 0 Å². The van der Waals surface area contributed by atoms with Gasteiger partial charge in [-0.3, -0.25) is 0 Å². The maximum Gasteiger partial charge on any atom is 0.0430 e. The molecule has 14 heavy (non-hydrogen) atoms. The number of nitrogen functional groups attached to an aromatic ring is 1. The molecule has 0 amide bonds. The van der Waals surface area contributed by atoms with Crippen LogP contribution in [0.2, 0.25) is 0 Å². The Morgan fingerprint density at radius 2 is 2.00 bits per heavy atom. The molecule has 1 aromatic rings. The van der Waals surface area contributed by atoms with E-state index in [2.05, 4.69) is 0 Å². The first-order valence-corrected chi connectivity index (χ1v) is 4.58. The highest BCUT2D eigenvalue weighted by Gasteiger charge is 2.10. The summed E-state index contributed by atoms with van der Waals surface area (Å²) in [5.74, 6) is 0. The zero-order chi connectivity index (χ0) is 9.97. The highest BCUT2D eigenvalue weighted by Crippen LogP contribution is 2.25. The first-order valence-electron chi connectivity index (χ1n) is 4.58. The van der Waals surface area contributed by atoms with E-state index in [4.69, 9.17) is 11.1 Å². The number of hydrogen-bond donors (Lipinski definition) is 2. The van der Waals surface area contributed by atoms with Crippen molar-refractivity contribution in [2.75, 3.05) is 5.73 Å². The summed E-state index contributed by atoms with van der Waals surface area (Å²) >= 11 is 0. The fourth-order valence-electron chi connectivity index (χ4n) is 1.56. The van der Waals surface area contributed by atoms with Gasteiger partial charge in [0.15, 0.2) is 0 Å². The number of rotatable bonds is 1. The molecule has 0 fully saturated rings. The number of benzene rings is 1. The second-order valence-electron chi connectivity index (χ2n) is 3.28. The Morgan fingerprint density at radius 3 is 2.71 bits per heavy atom. The van der Waals surface area contributed by atoms with Crippen LogP contribution in [0.5, 0.6) is 0 Å². The average molecular weight is 184 g/mol. The van der Waals surface area contributed by atoms with Gasteiger partial charge in [0.25, 0.3) is 0 Å². The van der Waals surface area contributed by atoms with Gasteiger partial charge in [-0.05, 0) is 6.07 Å². The van der Waals surface area contributed by atoms with Crippen LogP contribution in [0.25, 0.3) is 5.57 Å². The molecule has 0 heterocycles. The maximum absolute atomic E-state index is 7.80. The lowest BCUT2D eigenvalue weighted by Gasteiger charge is -2.12. The minimum Gasteiger partial charge on any atom is -0.398 e. The molecular weight excluding hydrogens is 172 g/mol. The van der Waals surface area contributed by atoms with E-state index in [1.807, 2.05) is 42.5 Å². The summed E-state index contributed by atoms with van der Waals surface area (Å²) in [5, 5.41) is 7.80. The lowest BCUT2D eigenvalue weighted by molar-refractivity contribution is 1.37. The molecular formula is C12H12N2. The van der Waals surface area contributed by atoms with Crippen molar-refractivity contribution in [2.24, 2.45) is 0 Å². The predicted octanol–water partition coefficient (Wildman–Crippen LogP) is 2.63. The smallest absolute Gasteiger partial charge is 0.0430 e. The van der Waals surface area contributed by atoms with Crippen LogP contribution in [-0.2, 0) is 0 Å². The third-order valence-corrected chi connectivity index (χ3v) is 2.30. The van der Waals surface area contributed by atoms with Crippen LogP contribution in [0.4, 0.5) is 5.69 Å². The molecule has 0 saturated carbocycles. The molecule has 0 unspecified atom stereocenters. The summed E-state index contributed by atoms with van der Waals surface area (Å²) in [6.45, 7) is 0. The van der Waals surface area contributed by atoms with Crippen molar-refractivity contribution in [3.05, 3.63) is 48.1 Å². The quantitative estimate of drug-likeness (QED) is 0.647. The third kappa shape index (κ3) is 1.46. The second-order valence-corrected chi connectivity index (χ2v) is 3.28. The molecule has 0 aromatic heterocycles. The highest BCUT2D eigenvalue weighted by atomic mass is 14.6. The number of para-hydroxylation sites is 1. The van der Waals surface area contributed by atoms with Gasteiger partial charge in [-0.15, -0.1) is 0 Å². The Kier molecular flexibility index (Phi) is 2.19. The Balaban J connectivity index is 2.49. The van der Waals surface area contributed by atoms with Crippen LogP contribution in [0, 0.1) is 5.41 Å². The van der Waals surface area contributed by atoms with Crippen LogP contribution in [-0.4, -0.2) is 5.71 Å². The van der Waals surface area contributed by atoms with E-state index >= 15 is 0 Å². The molecule has 1 aliphatic rings. The first-order chi connectivity index (χ1) is 6.79. The number of nitrogens with one attached hydrogen (secondary N) is 1. The topological polar surface area (TPSA) is 49.9 Å². The summed E-state index contributed by atoms with van der Waals surface area (Å²) in [4.78, 5) is 0.